The summed E-state index contributed by atoms with van der Waals surface area (Å²) in [5.74, 6) is 0.778. The number of aliphatic hydroxyl groups excluding tert-OH is 1. The predicted molar refractivity (Wildman–Crippen MR) is 177 cm³/mol. The fraction of sp³-hybridized carbons (Fsp3) is 0.892. The molecule has 0 bridgehead atoms. The van der Waals surface area contributed by atoms with Crippen molar-refractivity contribution in [1.82, 2.24) is 0 Å². The molecule has 0 aromatic carbocycles. The van der Waals surface area contributed by atoms with Crippen molar-refractivity contribution in [2.75, 3.05) is 0 Å². The topological polar surface area (TPSA) is 72.8 Å². The molecule has 4 fully saturated rings. The largest absolute Gasteiger partial charge is 0.462 e. The number of carbonyl (C=O) groups is 2. The Bertz CT molecular complexity index is 1070. The Morgan fingerprint density at radius 1 is 1.02 bits per heavy atom. The van der Waals surface area contributed by atoms with Crippen LogP contribution in [-0.4, -0.2) is 44.0 Å². The lowest BCUT2D eigenvalue weighted by Crippen LogP contribution is -2.66. The van der Waals surface area contributed by atoms with E-state index in [1.54, 1.807) is 0 Å². The van der Waals surface area contributed by atoms with E-state index in [0.717, 1.165) is 51.2 Å². The van der Waals surface area contributed by atoms with Gasteiger partial charge >= 0.3 is 5.97 Å². The number of allylic oxidation sites excluding steroid dienone is 2. The van der Waals surface area contributed by atoms with E-state index in [1.165, 1.54) is 12.5 Å². The lowest BCUT2D eigenvalue weighted by Gasteiger charge is -2.69. The van der Waals surface area contributed by atoms with Gasteiger partial charge in [-0.1, -0.05) is 60.1 Å². The third-order valence-electron chi connectivity index (χ3n) is 14.2. The molecule has 5 nitrogen and oxygen atoms in total. The number of carbonyl (C=O) groups excluding carboxylic acids is 2. The Morgan fingerprint density at radius 2 is 1.67 bits per heavy atom. The molecule has 4 aliphatic carbocycles. The highest BCUT2D eigenvalue weighted by Crippen LogP contribution is 2.75. The van der Waals surface area contributed by atoms with Crippen LogP contribution in [0.15, 0.2) is 11.6 Å². The van der Waals surface area contributed by atoms with Crippen LogP contribution in [0.5, 0.6) is 0 Å². The van der Waals surface area contributed by atoms with Gasteiger partial charge in [0.1, 0.15) is 12.4 Å². The molecule has 4 rings (SSSR count). The minimum atomic E-state index is -1.89. The zero-order valence-electron chi connectivity index (χ0n) is 29.6. The smallest absolute Gasteiger partial charge is 0.302 e. The van der Waals surface area contributed by atoms with Gasteiger partial charge in [0.25, 0.3) is 0 Å². The number of aldehydes is 1. The lowest BCUT2D eigenvalue weighted by molar-refractivity contribution is -0.239. The third-order valence-corrected chi connectivity index (χ3v) is 18.7. The van der Waals surface area contributed by atoms with Crippen LogP contribution in [0, 0.1) is 51.8 Å². The van der Waals surface area contributed by atoms with Crippen molar-refractivity contribution in [2.24, 2.45) is 51.8 Å². The first-order chi connectivity index (χ1) is 19.7. The quantitative estimate of drug-likeness (QED) is 0.128. The van der Waals surface area contributed by atoms with E-state index in [1.807, 2.05) is 0 Å². The molecule has 1 unspecified atom stereocenters. The van der Waals surface area contributed by atoms with Crippen molar-refractivity contribution in [3.63, 3.8) is 0 Å². The highest BCUT2D eigenvalue weighted by Gasteiger charge is 2.72. The minimum absolute atomic E-state index is 0.0234. The van der Waals surface area contributed by atoms with E-state index in [-0.39, 0.29) is 63.1 Å². The molecule has 1 N–H and O–H groups in total. The zero-order chi connectivity index (χ0) is 32.3. The molecule has 0 heterocycles. The van der Waals surface area contributed by atoms with Crippen LogP contribution in [-0.2, 0) is 18.8 Å². The molecule has 0 aromatic heterocycles. The number of aliphatic hydroxyl groups is 1. The molecule has 6 heteroatoms. The summed E-state index contributed by atoms with van der Waals surface area (Å²) in [5.41, 5.74) is 1.05. The molecule has 0 radical (unpaired) electrons. The Morgan fingerprint density at radius 3 is 2.23 bits per heavy atom. The Kier molecular flexibility index (Phi) is 9.73. The monoisotopic (exact) mass is 616 g/mol. The average Bonchev–Trinajstić information content (AvgIpc) is 3.14. The Hall–Kier alpha value is -0.983. The zero-order valence-corrected chi connectivity index (χ0v) is 30.6. The number of rotatable bonds is 8. The van der Waals surface area contributed by atoms with Crippen molar-refractivity contribution in [3.8, 4) is 0 Å². The number of esters is 1. The minimum Gasteiger partial charge on any atom is -0.462 e. The van der Waals surface area contributed by atoms with Crippen LogP contribution >= 0.6 is 0 Å². The van der Waals surface area contributed by atoms with E-state index in [9.17, 15) is 14.7 Å². The molecular formula is C37H64O5Si. The summed E-state index contributed by atoms with van der Waals surface area (Å²) in [6, 6.07) is 0. The van der Waals surface area contributed by atoms with Crippen LogP contribution in [0.2, 0.25) is 18.1 Å². The summed E-state index contributed by atoms with van der Waals surface area (Å²) < 4.78 is 13.1. The van der Waals surface area contributed by atoms with Crippen LogP contribution < -0.4 is 0 Å². The Balaban J connectivity index is 1.67. The summed E-state index contributed by atoms with van der Waals surface area (Å²) in [4.78, 5) is 25.0. The molecule has 0 aromatic rings. The second kappa shape index (κ2) is 12.0. The molecule has 0 spiro atoms. The summed E-state index contributed by atoms with van der Waals surface area (Å²) in [6.07, 6.45) is 10.3. The predicted octanol–water partition coefficient (Wildman–Crippen LogP) is 8.75. The van der Waals surface area contributed by atoms with Gasteiger partial charge in [-0.25, -0.2) is 0 Å². The van der Waals surface area contributed by atoms with Gasteiger partial charge in [0.05, 0.1) is 6.10 Å². The highest BCUT2D eigenvalue weighted by molar-refractivity contribution is 6.74. The number of fused-ring (bicyclic) bond motifs is 5. The summed E-state index contributed by atoms with van der Waals surface area (Å²) >= 11 is 0. The number of hydrogen-bond acceptors (Lipinski definition) is 5. The summed E-state index contributed by atoms with van der Waals surface area (Å²) in [5, 5.41) is 12.4. The molecule has 246 valence electrons. The third kappa shape index (κ3) is 5.88. The number of ether oxygens (including phenoxy) is 1. The molecule has 0 saturated heterocycles. The molecule has 12 atom stereocenters. The van der Waals surface area contributed by atoms with Crippen LogP contribution in [0.4, 0.5) is 0 Å². The number of hydrogen-bond donors (Lipinski definition) is 1. The summed E-state index contributed by atoms with van der Waals surface area (Å²) in [7, 11) is -1.89. The van der Waals surface area contributed by atoms with E-state index in [4.69, 9.17) is 9.16 Å². The van der Waals surface area contributed by atoms with E-state index in [0.29, 0.717) is 18.3 Å². The lowest BCUT2D eigenvalue weighted by atomic mass is 9.36. The second-order valence-corrected chi connectivity index (χ2v) is 22.5. The summed E-state index contributed by atoms with van der Waals surface area (Å²) in [6.45, 7) is 27.2. The van der Waals surface area contributed by atoms with Gasteiger partial charge in [-0.2, -0.15) is 0 Å². The van der Waals surface area contributed by atoms with E-state index < -0.39 is 14.4 Å². The first-order valence-corrected chi connectivity index (χ1v) is 20.3. The fourth-order valence-electron chi connectivity index (χ4n) is 11.0. The second-order valence-electron chi connectivity index (χ2n) is 17.8. The van der Waals surface area contributed by atoms with Gasteiger partial charge in [-0.3, -0.25) is 4.79 Å². The maximum Gasteiger partial charge on any atom is 0.302 e. The average molecular weight is 617 g/mol. The van der Waals surface area contributed by atoms with Crippen molar-refractivity contribution >= 4 is 20.6 Å². The van der Waals surface area contributed by atoms with E-state index in [2.05, 4.69) is 81.5 Å². The molecule has 0 amide bonds. The van der Waals surface area contributed by atoms with E-state index >= 15 is 0 Å². The Labute approximate surface area is 264 Å². The first-order valence-electron chi connectivity index (χ1n) is 17.4. The molecule has 0 aliphatic heterocycles. The maximum absolute atomic E-state index is 12.7. The first kappa shape index (κ1) is 34.9. The van der Waals surface area contributed by atoms with Crippen molar-refractivity contribution in [2.45, 2.75) is 157 Å². The highest BCUT2D eigenvalue weighted by atomic mass is 28.4. The van der Waals surface area contributed by atoms with Crippen molar-refractivity contribution in [1.29, 1.82) is 0 Å². The van der Waals surface area contributed by atoms with Crippen LogP contribution in [0.25, 0.3) is 0 Å². The van der Waals surface area contributed by atoms with Crippen molar-refractivity contribution < 1.29 is 23.9 Å². The van der Waals surface area contributed by atoms with Gasteiger partial charge in [-0.15, -0.1) is 0 Å². The molecule has 4 aliphatic rings. The molecule has 4 saturated carbocycles. The fourth-order valence-corrected chi connectivity index (χ4v) is 12.4. The van der Waals surface area contributed by atoms with Gasteiger partial charge in [0.15, 0.2) is 8.32 Å². The van der Waals surface area contributed by atoms with Gasteiger partial charge in [0, 0.05) is 24.9 Å². The molecule has 43 heavy (non-hydrogen) atoms. The van der Waals surface area contributed by atoms with Gasteiger partial charge < -0.3 is 19.1 Å². The maximum atomic E-state index is 12.7. The van der Waals surface area contributed by atoms with Gasteiger partial charge in [-0.05, 0) is 123 Å². The molecular weight excluding hydrogens is 552 g/mol. The SMILES string of the molecule is CC(=O)O[C@H]1C[C@@]2(C)[C@@H](C[C@@H](O)[C@H]3[C@@]4(C)CC[C@@H](O[Si](C)(C)C(C)(C)C)[C@@H](C)C4CC[C@@]32C)[C@H]1[C@H](C=O)CCC=C(C)C. The standard InChI is InChI=1S/C37H64O5Si/c1-23(2)14-13-15-26(22-38)32-28-20-29(40)33-35(8)18-17-30(42-43(11,12)34(5,6)7)24(3)27(35)16-19-36(33,9)37(28,10)21-31(32)41-25(4)39/h14,22,24,26-33,40H,13,15-21H2,1-12H3/t24-,26-,27?,28-,29+,30+,31-,32+,33-,35-,36-,37-/m0/s1. The van der Waals surface area contributed by atoms with Crippen molar-refractivity contribution in [3.05, 3.63) is 11.6 Å². The normalized spacial score (nSPS) is 43.6. The van der Waals surface area contributed by atoms with Crippen LogP contribution in [0.3, 0.4) is 0 Å². The van der Waals surface area contributed by atoms with Gasteiger partial charge in [0.2, 0.25) is 0 Å². The van der Waals surface area contributed by atoms with Crippen LogP contribution in [0.1, 0.15) is 121 Å².